The third-order valence-electron chi connectivity index (χ3n) is 0.734. The number of ether oxygens (including phenoxy) is 1. The monoisotopic (exact) mass is 227 g/mol. The maximum Gasteiger partial charge on any atom is 0.589 e. The summed E-state index contributed by atoms with van der Waals surface area (Å²) in [5.41, 5.74) is 4.54. The van der Waals surface area contributed by atoms with Gasteiger partial charge in [0.15, 0.2) is 0 Å². The Morgan fingerprint density at radius 3 is 2.29 bits per heavy atom. The molecule has 2 N–H and O–H groups in total. The second-order valence-electron chi connectivity index (χ2n) is 1.69. The van der Waals surface area contributed by atoms with Gasteiger partial charge in [-0.15, -0.1) is 0 Å². The van der Waals surface area contributed by atoms with Crippen molar-refractivity contribution in [2.75, 3.05) is 6.61 Å². The molecule has 0 saturated carbocycles. The lowest BCUT2D eigenvalue weighted by Crippen LogP contribution is -2.11. The average Bonchev–Trinajstić information content (AvgIpc) is 2.03. The van der Waals surface area contributed by atoms with Gasteiger partial charge in [-0.1, -0.05) is 15.9 Å². The van der Waals surface area contributed by atoms with Gasteiger partial charge in [0.1, 0.15) is 0 Å². The van der Waals surface area contributed by atoms with E-state index in [0.717, 1.165) is 6.26 Å². The first kappa shape index (κ1) is 12.9. The zero-order valence-corrected chi connectivity index (χ0v) is 8.27. The van der Waals surface area contributed by atoms with Gasteiger partial charge >= 0.3 is 13.9 Å². The van der Waals surface area contributed by atoms with E-state index in [2.05, 4.69) is 36.0 Å². The molecule has 1 heterocycles. The molecule has 1 fully saturated rings. The Morgan fingerprint density at radius 2 is 2.21 bits per heavy atom. The number of hydrogen-bond acceptors (Lipinski definition) is 7. The summed E-state index contributed by atoms with van der Waals surface area (Å²) < 4.78 is 26.6. The molecule has 1 amide bonds. The molecule has 82 valence electrons. The summed E-state index contributed by atoms with van der Waals surface area (Å²) in [6.45, 7) is 5.17. The Bertz CT molecular complexity index is 234. The van der Waals surface area contributed by atoms with Gasteiger partial charge in [-0.05, 0) is 12.0 Å². The molecule has 9 heteroatoms. The first-order valence-electron chi connectivity index (χ1n) is 3.40. The van der Waals surface area contributed by atoms with Crippen molar-refractivity contribution in [3.05, 3.63) is 12.8 Å². The Balaban J connectivity index is 0.000000255. The van der Waals surface area contributed by atoms with Crippen LogP contribution in [-0.4, -0.2) is 12.7 Å². The summed E-state index contributed by atoms with van der Waals surface area (Å²) in [5.74, 6) is 0. The molecule has 1 aliphatic heterocycles. The fourth-order valence-electron chi connectivity index (χ4n) is 0.349. The molecule has 0 unspecified atom stereocenters. The maximum absolute atomic E-state index is 10.4. The van der Waals surface area contributed by atoms with Crippen LogP contribution >= 0.6 is 7.82 Å². The van der Waals surface area contributed by atoms with E-state index in [1.54, 1.807) is 6.92 Å². The highest BCUT2D eigenvalue weighted by Gasteiger charge is 2.41. The Kier molecular flexibility index (Phi) is 5.89. The summed E-state index contributed by atoms with van der Waals surface area (Å²) in [6.07, 6.45) is 0.237. The van der Waals surface area contributed by atoms with Crippen LogP contribution in [0.3, 0.4) is 0 Å². The van der Waals surface area contributed by atoms with Gasteiger partial charge in [0, 0.05) is 0 Å². The Hall–Kier alpha value is -1.08. The largest absolute Gasteiger partial charge is 0.589 e. The topological polar surface area (TPSA) is 106 Å². The molecule has 1 rings (SSSR count). The molecule has 0 aromatic carbocycles. The minimum absolute atomic E-state index is 0.356. The van der Waals surface area contributed by atoms with Gasteiger partial charge in [0.05, 0.1) is 12.9 Å². The lowest BCUT2D eigenvalue weighted by atomic mass is 10.9. The van der Waals surface area contributed by atoms with Gasteiger partial charge < -0.3 is 15.0 Å². The van der Waals surface area contributed by atoms with Crippen LogP contribution in [0, 0.1) is 0 Å². The first-order chi connectivity index (χ1) is 6.54. The molecule has 0 spiro atoms. The van der Waals surface area contributed by atoms with Crippen molar-refractivity contribution in [3.63, 3.8) is 0 Å². The van der Waals surface area contributed by atoms with E-state index in [9.17, 15) is 9.36 Å². The SMILES string of the molecule is C=COP1(=O)OOO1.CCOC(N)=O. The number of primary amides is 1. The Labute approximate surface area is 80.0 Å². The molecule has 0 aromatic rings. The van der Waals surface area contributed by atoms with Crippen LogP contribution < -0.4 is 5.73 Å². The van der Waals surface area contributed by atoms with Crippen LogP contribution in [0.2, 0.25) is 0 Å². The van der Waals surface area contributed by atoms with Crippen LogP contribution in [0.15, 0.2) is 12.8 Å². The van der Waals surface area contributed by atoms with Gasteiger partial charge in [0.25, 0.3) is 0 Å². The molecular formula is C5H10NO7P. The zero-order valence-electron chi connectivity index (χ0n) is 7.37. The maximum atomic E-state index is 10.4. The standard InChI is InChI=1S/C3H7NO2.C2H3O5P/c1-2-6-3(4)5;1-2-4-8(3)6-5-7-8/h2H2,1H3,(H2,4,5);2H,1H2. The smallest absolute Gasteiger partial charge is 0.450 e. The number of hydrogen-bond donors (Lipinski definition) is 1. The van der Waals surface area contributed by atoms with E-state index in [-0.39, 0.29) is 0 Å². The molecule has 14 heavy (non-hydrogen) atoms. The fraction of sp³-hybridized carbons (Fsp3) is 0.400. The molecule has 0 radical (unpaired) electrons. The minimum atomic E-state index is -3.33. The molecule has 0 bridgehead atoms. The van der Waals surface area contributed by atoms with Gasteiger partial charge in [-0.3, -0.25) is 0 Å². The van der Waals surface area contributed by atoms with Crippen LogP contribution in [0.5, 0.6) is 0 Å². The van der Waals surface area contributed by atoms with Crippen LogP contribution in [0.1, 0.15) is 6.92 Å². The van der Waals surface area contributed by atoms with Crippen molar-refractivity contribution in [1.29, 1.82) is 0 Å². The number of rotatable bonds is 3. The van der Waals surface area contributed by atoms with Crippen molar-refractivity contribution >= 4 is 13.9 Å². The molecular weight excluding hydrogens is 217 g/mol. The highest BCUT2D eigenvalue weighted by atomic mass is 31.2. The lowest BCUT2D eigenvalue weighted by Gasteiger charge is -2.18. The van der Waals surface area contributed by atoms with Gasteiger partial charge in [-0.25, -0.2) is 9.36 Å². The number of carbonyl (C=O) groups excluding carboxylic acids is 1. The third-order valence-corrected chi connectivity index (χ3v) is 1.63. The molecule has 8 nitrogen and oxygen atoms in total. The number of carbonyl (C=O) groups is 1. The van der Waals surface area contributed by atoms with Crippen molar-refractivity contribution in [3.8, 4) is 0 Å². The highest BCUT2D eigenvalue weighted by molar-refractivity contribution is 7.49. The van der Waals surface area contributed by atoms with E-state index in [1.165, 1.54) is 0 Å². The number of phosphoric acid groups is 1. The number of amides is 1. The van der Waals surface area contributed by atoms with E-state index in [1.807, 2.05) is 0 Å². The van der Waals surface area contributed by atoms with Crippen LogP contribution in [0.25, 0.3) is 0 Å². The summed E-state index contributed by atoms with van der Waals surface area (Å²) in [4.78, 5) is 9.60. The highest BCUT2D eigenvalue weighted by Crippen LogP contribution is 2.57. The average molecular weight is 227 g/mol. The van der Waals surface area contributed by atoms with E-state index < -0.39 is 13.9 Å². The second-order valence-corrected chi connectivity index (χ2v) is 3.09. The molecule has 0 aliphatic carbocycles. The third kappa shape index (κ3) is 5.55. The van der Waals surface area contributed by atoms with Crippen molar-refractivity contribution < 1.29 is 33.0 Å². The van der Waals surface area contributed by atoms with Crippen LogP contribution in [0.4, 0.5) is 4.79 Å². The fourth-order valence-corrected chi connectivity index (χ4v) is 0.762. The van der Waals surface area contributed by atoms with Gasteiger partial charge in [0.2, 0.25) is 0 Å². The summed E-state index contributed by atoms with van der Waals surface area (Å²) in [7, 11) is -3.33. The van der Waals surface area contributed by atoms with E-state index >= 15 is 0 Å². The lowest BCUT2D eigenvalue weighted by molar-refractivity contribution is -0.498. The summed E-state index contributed by atoms with van der Waals surface area (Å²) in [5, 5.41) is 3.65. The van der Waals surface area contributed by atoms with E-state index in [0.29, 0.717) is 6.61 Å². The van der Waals surface area contributed by atoms with Gasteiger partial charge in [-0.2, -0.15) is 0 Å². The van der Waals surface area contributed by atoms with Crippen LogP contribution in [-0.2, 0) is 28.2 Å². The van der Waals surface area contributed by atoms with E-state index in [4.69, 9.17) is 0 Å². The quantitative estimate of drug-likeness (QED) is 0.439. The molecule has 1 saturated heterocycles. The van der Waals surface area contributed by atoms with Crippen molar-refractivity contribution in [2.45, 2.75) is 6.92 Å². The summed E-state index contributed by atoms with van der Waals surface area (Å²) in [6, 6.07) is 0. The van der Waals surface area contributed by atoms with Crippen molar-refractivity contribution in [2.24, 2.45) is 5.73 Å². The zero-order chi connectivity index (χ0) is 11.0. The normalized spacial score (nSPS) is 16.6. The summed E-state index contributed by atoms with van der Waals surface area (Å²) >= 11 is 0. The second kappa shape index (κ2) is 6.39. The number of nitrogens with two attached hydrogens (primary N) is 1. The predicted octanol–water partition coefficient (Wildman–Crippen LogP) is 1.25. The molecule has 0 atom stereocenters. The molecule has 0 aromatic heterocycles. The minimum Gasteiger partial charge on any atom is -0.450 e. The first-order valence-corrected chi connectivity index (χ1v) is 4.86. The predicted molar refractivity (Wildman–Crippen MR) is 43.4 cm³/mol. The molecule has 1 aliphatic rings. The Morgan fingerprint density at radius 1 is 1.64 bits per heavy atom. The van der Waals surface area contributed by atoms with Crippen molar-refractivity contribution in [1.82, 2.24) is 0 Å².